The highest BCUT2D eigenvalue weighted by Gasteiger charge is 2.66. The van der Waals surface area contributed by atoms with Gasteiger partial charge in [0.05, 0.1) is 6.04 Å². The van der Waals surface area contributed by atoms with E-state index >= 15 is 0 Å². The number of thioether (sulfide) groups is 1. The maximum absolute atomic E-state index is 11.2. The number of nitrogens with one attached hydrogen (secondary N) is 2. The third-order valence-corrected chi connectivity index (χ3v) is 9.23. The molecule has 0 aromatic carbocycles. The fourth-order valence-electron chi connectivity index (χ4n) is 3.25. The molecule has 9 heteroatoms. The van der Waals surface area contributed by atoms with Crippen LogP contribution in [0.2, 0.25) is 6.04 Å². The van der Waals surface area contributed by atoms with E-state index < -0.39 is 8.80 Å². The zero-order valence-electron chi connectivity index (χ0n) is 19.1. The van der Waals surface area contributed by atoms with Gasteiger partial charge < -0.3 is 18.6 Å². The predicted molar refractivity (Wildman–Crippen MR) is 117 cm³/mol. The molecular weight excluding hydrogens is 396 g/mol. The first-order valence-corrected chi connectivity index (χ1v) is 13.0. The molecule has 1 heterocycles. The molecule has 0 radical (unpaired) electrons. The number of hydrogen-bond acceptors (Lipinski definition) is 6. The minimum atomic E-state index is -2.40. The fraction of sp³-hybridized carbons (Fsp3) is 0.895. The fourth-order valence-corrected chi connectivity index (χ4v) is 6.18. The molecule has 0 bridgehead atoms. The van der Waals surface area contributed by atoms with Gasteiger partial charge in [0.25, 0.3) is 0 Å². The van der Waals surface area contributed by atoms with E-state index in [4.69, 9.17) is 13.3 Å². The maximum atomic E-state index is 11.2. The highest BCUT2D eigenvalue weighted by molar-refractivity contribution is 7.99. The molecular formula is C19H41N2O5SSi+. The molecule has 2 N–H and O–H groups in total. The molecule has 1 aliphatic heterocycles. The van der Waals surface area contributed by atoms with Crippen molar-refractivity contribution < 1.29 is 27.8 Å². The summed E-state index contributed by atoms with van der Waals surface area (Å²) in [5.74, 6) is 2.34. The lowest BCUT2D eigenvalue weighted by Crippen LogP contribution is -3.01. The van der Waals surface area contributed by atoms with Gasteiger partial charge in [-0.15, -0.1) is 0 Å². The van der Waals surface area contributed by atoms with Crippen molar-refractivity contribution in [3.05, 3.63) is 0 Å². The summed E-state index contributed by atoms with van der Waals surface area (Å²) in [5, 5.41) is 2.86. The van der Waals surface area contributed by atoms with Gasteiger partial charge in [-0.3, -0.25) is 4.79 Å². The van der Waals surface area contributed by atoms with Crippen molar-refractivity contribution in [2.24, 2.45) is 0 Å². The molecule has 0 aliphatic carbocycles. The molecule has 0 aromatic rings. The molecule has 3 unspecified atom stereocenters. The van der Waals surface area contributed by atoms with Gasteiger partial charge in [-0.05, 0) is 32.9 Å². The van der Waals surface area contributed by atoms with E-state index in [0.717, 1.165) is 35.3 Å². The summed E-state index contributed by atoms with van der Waals surface area (Å²) in [4.78, 5) is 23.2. The summed E-state index contributed by atoms with van der Waals surface area (Å²) in [6.07, 6.45) is 1.96. The van der Waals surface area contributed by atoms with Crippen molar-refractivity contribution >= 4 is 32.4 Å². The van der Waals surface area contributed by atoms with Gasteiger partial charge in [-0.2, -0.15) is 11.8 Å². The Balaban J connectivity index is 0.000000609. The van der Waals surface area contributed by atoms with Crippen LogP contribution in [0.1, 0.15) is 54.4 Å². The number of quaternary nitrogens is 1. The van der Waals surface area contributed by atoms with E-state index in [2.05, 4.69) is 26.1 Å². The third-order valence-electron chi connectivity index (χ3n) is 5.08. The molecule has 1 rings (SSSR count). The molecule has 166 valence electrons. The summed E-state index contributed by atoms with van der Waals surface area (Å²) in [7, 11) is 2.49. The van der Waals surface area contributed by atoms with Crippen molar-refractivity contribution in [2.75, 3.05) is 32.8 Å². The number of rotatable bonds is 12. The van der Waals surface area contributed by atoms with Crippen LogP contribution < -0.4 is 10.2 Å². The summed E-state index contributed by atoms with van der Waals surface area (Å²) < 4.78 is 16.0. The first-order valence-electron chi connectivity index (χ1n) is 9.95. The second-order valence-electron chi connectivity index (χ2n) is 7.66. The van der Waals surface area contributed by atoms with Crippen LogP contribution in [0.15, 0.2) is 0 Å². The van der Waals surface area contributed by atoms with Crippen molar-refractivity contribution in [3.63, 3.8) is 0 Å². The maximum Gasteiger partial charge on any atom is 0.500 e. The highest BCUT2D eigenvalue weighted by Crippen LogP contribution is 2.17. The number of amides is 2. The lowest BCUT2D eigenvalue weighted by Gasteiger charge is -2.24. The first kappa shape index (κ1) is 27.5. The van der Waals surface area contributed by atoms with E-state index in [1.807, 2.05) is 25.6 Å². The predicted octanol–water partition coefficient (Wildman–Crippen LogP) is 1.50. The van der Waals surface area contributed by atoms with Crippen LogP contribution in [0.3, 0.4) is 0 Å². The Morgan fingerprint density at radius 1 is 1.21 bits per heavy atom. The Kier molecular flexibility index (Phi) is 12.8. The smallest absolute Gasteiger partial charge is 0.377 e. The highest BCUT2D eigenvalue weighted by atomic mass is 32.2. The standard InChI is InChI=1S/C11H25NO4SSi.C8H15NO/c1-10(12-11(2)13)9-17-7-6-8-18(14-3,15-4)16-5;1-5-8(4)7(10)9(8)6(2)3/h10H,6-9H2,1-5H3,(H,12,13);6H,5H2,1-4H3/p+1. The molecule has 0 saturated carbocycles. The second-order valence-corrected chi connectivity index (χ2v) is 11.9. The Labute approximate surface area is 176 Å². The van der Waals surface area contributed by atoms with Crippen LogP contribution in [0.25, 0.3) is 0 Å². The summed E-state index contributed by atoms with van der Waals surface area (Å²) >= 11 is 1.82. The SMILES string of the molecule is CCC1(C)C(=O)[NH+]1C(C)C.CO[Si](CCCSCC(C)NC(C)=O)(OC)OC. The van der Waals surface area contributed by atoms with Gasteiger partial charge in [0.1, 0.15) is 0 Å². The van der Waals surface area contributed by atoms with Gasteiger partial charge in [0.15, 0.2) is 0 Å². The van der Waals surface area contributed by atoms with Crippen LogP contribution in [0.4, 0.5) is 0 Å². The molecule has 1 saturated heterocycles. The summed E-state index contributed by atoms with van der Waals surface area (Å²) in [6.45, 7) is 11.9. The average molecular weight is 438 g/mol. The van der Waals surface area contributed by atoms with Gasteiger partial charge in [0.2, 0.25) is 11.4 Å². The zero-order chi connectivity index (χ0) is 22.0. The lowest BCUT2D eigenvalue weighted by molar-refractivity contribution is -0.780. The first-order chi connectivity index (χ1) is 13.0. The van der Waals surface area contributed by atoms with Gasteiger partial charge in [0, 0.05) is 59.4 Å². The minimum absolute atomic E-state index is 0.0210. The van der Waals surface area contributed by atoms with Crippen LogP contribution in [-0.2, 0) is 22.9 Å². The van der Waals surface area contributed by atoms with E-state index in [9.17, 15) is 9.59 Å². The molecule has 1 fully saturated rings. The molecule has 3 atom stereocenters. The zero-order valence-corrected chi connectivity index (χ0v) is 21.0. The van der Waals surface area contributed by atoms with Crippen LogP contribution in [-0.4, -0.2) is 71.1 Å². The van der Waals surface area contributed by atoms with E-state index in [-0.39, 0.29) is 17.5 Å². The van der Waals surface area contributed by atoms with Gasteiger partial charge in [-0.1, -0.05) is 6.92 Å². The van der Waals surface area contributed by atoms with Crippen molar-refractivity contribution in [3.8, 4) is 0 Å². The molecule has 2 amide bonds. The number of carbonyl (C=O) groups excluding carboxylic acids is 2. The van der Waals surface area contributed by atoms with Crippen molar-refractivity contribution in [2.45, 2.75) is 78.1 Å². The van der Waals surface area contributed by atoms with E-state index in [1.165, 1.54) is 6.92 Å². The van der Waals surface area contributed by atoms with E-state index in [1.54, 1.807) is 21.3 Å². The van der Waals surface area contributed by atoms with Crippen molar-refractivity contribution in [1.29, 1.82) is 0 Å². The van der Waals surface area contributed by atoms with Crippen LogP contribution >= 0.6 is 11.8 Å². The Morgan fingerprint density at radius 2 is 1.75 bits per heavy atom. The molecule has 7 nitrogen and oxygen atoms in total. The average Bonchev–Trinajstić information content (AvgIpc) is 3.20. The topological polar surface area (TPSA) is 78.3 Å². The lowest BCUT2D eigenvalue weighted by atomic mass is 10.1. The number of hydrogen-bond donors (Lipinski definition) is 2. The minimum Gasteiger partial charge on any atom is -0.377 e. The molecule has 0 aromatic heterocycles. The quantitative estimate of drug-likeness (QED) is 0.274. The molecule has 1 aliphatic rings. The second kappa shape index (κ2) is 13.0. The molecule has 28 heavy (non-hydrogen) atoms. The number of carbonyl (C=O) groups is 2. The van der Waals surface area contributed by atoms with E-state index in [0.29, 0.717) is 11.9 Å². The largest absolute Gasteiger partial charge is 0.500 e. The Bertz CT molecular complexity index is 483. The summed E-state index contributed by atoms with van der Waals surface area (Å²) in [6, 6.07) is 1.48. The Morgan fingerprint density at radius 3 is 2.07 bits per heavy atom. The van der Waals surface area contributed by atoms with Crippen molar-refractivity contribution in [1.82, 2.24) is 5.32 Å². The molecule has 0 spiro atoms. The Hall–Kier alpha value is -0.453. The van der Waals surface area contributed by atoms with Gasteiger partial charge >= 0.3 is 14.7 Å². The summed E-state index contributed by atoms with van der Waals surface area (Å²) in [5.41, 5.74) is -0.0336. The van der Waals surface area contributed by atoms with Gasteiger partial charge in [-0.25, -0.2) is 9.69 Å². The normalized spacial score (nSPS) is 22.5. The van der Waals surface area contributed by atoms with Crippen LogP contribution in [0, 0.1) is 0 Å². The van der Waals surface area contributed by atoms with Crippen LogP contribution in [0.5, 0.6) is 0 Å². The monoisotopic (exact) mass is 437 g/mol. The third kappa shape index (κ3) is 8.50.